The number of aromatic nitrogens is 2. The summed E-state index contributed by atoms with van der Waals surface area (Å²) in [5.41, 5.74) is 0.0689. The van der Waals surface area contributed by atoms with E-state index in [9.17, 15) is 8.42 Å². The predicted molar refractivity (Wildman–Crippen MR) is 76.8 cm³/mol. The average Bonchev–Trinajstić information content (AvgIpc) is 2.55. The Morgan fingerprint density at radius 2 is 2.05 bits per heavy atom. The summed E-state index contributed by atoms with van der Waals surface area (Å²) >= 11 is 6.14. The molecular formula is C12H22ClN3O2S. The molecule has 0 radical (unpaired) electrons. The Kier molecular flexibility index (Phi) is 5.03. The lowest BCUT2D eigenvalue weighted by Crippen LogP contribution is -2.32. The van der Waals surface area contributed by atoms with Crippen LogP contribution in [0.15, 0.2) is 11.2 Å². The summed E-state index contributed by atoms with van der Waals surface area (Å²) in [6.07, 6.45) is 2.23. The van der Waals surface area contributed by atoms with Gasteiger partial charge in [-0.05, 0) is 18.8 Å². The molecule has 0 saturated carbocycles. The van der Waals surface area contributed by atoms with Gasteiger partial charge in [-0.25, -0.2) is 18.1 Å². The first-order valence-electron chi connectivity index (χ1n) is 6.15. The molecule has 0 amide bonds. The minimum Gasteiger partial charge on any atom is -0.337 e. The largest absolute Gasteiger partial charge is 0.337 e. The Balaban J connectivity index is 2.66. The standard InChI is InChI=1S/C12H22ClN3O2S/c1-9-15-11(8-16(9)5)19(17,18)14-7-10(13)6-12(2,3)4/h8,10,14H,6-7H2,1-5H3. The second kappa shape index (κ2) is 5.81. The molecule has 1 aromatic heterocycles. The van der Waals surface area contributed by atoms with Gasteiger partial charge in [-0.2, -0.15) is 0 Å². The third-order valence-corrected chi connectivity index (χ3v) is 4.29. The van der Waals surface area contributed by atoms with E-state index in [1.165, 1.54) is 6.20 Å². The number of halogens is 1. The van der Waals surface area contributed by atoms with Gasteiger partial charge in [-0.1, -0.05) is 20.8 Å². The van der Waals surface area contributed by atoms with Crippen LogP contribution in [-0.4, -0.2) is 29.9 Å². The summed E-state index contributed by atoms with van der Waals surface area (Å²) < 4.78 is 28.2. The number of alkyl halides is 1. The van der Waals surface area contributed by atoms with Crippen LogP contribution in [0.1, 0.15) is 33.0 Å². The van der Waals surface area contributed by atoms with E-state index in [4.69, 9.17) is 11.6 Å². The van der Waals surface area contributed by atoms with E-state index in [1.807, 2.05) is 0 Å². The normalized spacial score (nSPS) is 14.6. The number of nitrogens with one attached hydrogen (secondary N) is 1. The summed E-state index contributed by atoms with van der Waals surface area (Å²) in [4.78, 5) is 4.00. The highest BCUT2D eigenvalue weighted by Crippen LogP contribution is 2.23. The quantitative estimate of drug-likeness (QED) is 0.847. The molecule has 0 spiro atoms. The van der Waals surface area contributed by atoms with Crippen LogP contribution in [0.4, 0.5) is 0 Å². The maximum absolute atomic E-state index is 12.0. The van der Waals surface area contributed by atoms with Gasteiger partial charge in [-0.15, -0.1) is 11.6 Å². The van der Waals surface area contributed by atoms with Crippen molar-refractivity contribution in [1.29, 1.82) is 0 Å². The summed E-state index contributed by atoms with van der Waals surface area (Å²) in [5.74, 6) is 0.650. The molecule has 0 aliphatic heterocycles. The SMILES string of the molecule is Cc1nc(S(=O)(=O)NCC(Cl)CC(C)(C)C)cn1C. The van der Waals surface area contributed by atoms with Gasteiger partial charge < -0.3 is 4.57 Å². The zero-order valence-electron chi connectivity index (χ0n) is 12.1. The maximum atomic E-state index is 12.0. The van der Waals surface area contributed by atoms with Gasteiger partial charge in [0.2, 0.25) is 0 Å². The Hall–Kier alpha value is -0.590. The molecule has 19 heavy (non-hydrogen) atoms. The smallest absolute Gasteiger partial charge is 0.259 e. The number of aryl methyl sites for hydroxylation is 2. The van der Waals surface area contributed by atoms with Crippen molar-refractivity contribution in [3.63, 3.8) is 0 Å². The molecule has 1 rings (SSSR count). The minimum atomic E-state index is -3.58. The van der Waals surface area contributed by atoms with Crippen LogP contribution in [0, 0.1) is 12.3 Å². The van der Waals surface area contributed by atoms with Crippen molar-refractivity contribution in [1.82, 2.24) is 14.3 Å². The molecule has 0 saturated heterocycles. The Morgan fingerprint density at radius 1 is 1.47 bits per heavy atom. The lowest BCUT2D eigenvalue weighted by molar-refractivity contribution is 0.369. The van der Waals surface area contributed by atoms with E-state index in [-0.39, 0.29) is 22.4 Å². The van der Waals surface area contributed by atoms with Gasteiger partial charge in [0.05, 0.1) is 0 Å². The van der Waals surface area contributed by atoms with Crippen molar-refractivity contribution in [3.05, 3.63) is 12.0 Å². The molecule has 1 unspecified atom stereocenters. The highest BCUT2D eigenvalue weighted by atomic mass is 35.5. The van der Waals surface area contributed by atoms with Crippen molar-refractivity contribution in [2.45, 2.75) is 44.5 Å². The number of hydrogen-bond acceptors (Lipinski definition) is 3. The highest BCUT2D eigenvalue weighted by molar-refractivity contribution is 7.89. The van der Waals surface area contributed by atoms with E-state index in [2.05, 4.69) is 30.5 Å². The first kappa shape index (κ1) is 16.5. The lowest BCUT2D eigenvalue weighted by Gasteiger charge is -2.21. The maximum Gasteiger partial charge on any atom is 0.259 e. The van der Waals surface area contributed by atoms with Crippen molar-refractivity contribution < 1.29 is 8.42 Å². The Labute approximate surface area is 120 Å². The molecule has 0 aliphatic carbocycles. The van der Waals surface area contributed by atoms with Crippen LogP contribution in [0.3, 0.4) is 0 Å². The van der Waals surface area contributed by atoms with Gasteiger partial charge >= 0.3 is 0 Å². The fraction of sp³-hybridized carbons (Fsp3) is 0.750. The zero-order chi connectivity index (χ0) is 14.8. The van der Waals surface area contributed by atoms with Crippen LogP contribution in [-0.2, 0) is 17.1 Å². The highest BCUT2D eigenvalue weighted by Gasteiger charge is 2.22. The lowest BCUT2D eigenvalue weighted by atomic mass is 9.90. The summed E-state index contributed by atoms with van der Waals surface area (Å²) in [7, 11) is -1.82. The molecule has 0 aromatic carbocycles. The molecular weight excluding hydrogens is 286 g/mol. The third-order valence-electron chi connectivity index (χ3n) is 2.69. The van der Waals surface area contributed by atoms with Crippen LogP contribution in [0.5, 0.6) is 0 Å². The topological polar surface area (TPSA) is 64.0 Å². The second-order valence-corrected chi connectivity index (χ2v) is 8.28. The summed E-state index contributed by atoms with van der Waals surface area (Å²) in [5, 5.41) is -0.202. The fourth-order valence-corrected chi connectivity index (χ4v) is 3.42. The molecule has 1 N–H and O–H groups in total. The first-order chi connectivity index (χ1) is 8.51. The first-order valence-corrected chi connectivity index (χ1v) is 8.07. The molecule has 1 atom stereocenters. The number of nitrogens with zero attached hydrogens (tertiary/aromatic N) is 2. The van der Waals surface area contributed by atoms with Crippen molar-refractivity contribution in [2.75, 3.05) is 6.54 Å². The number of hydrogen-bond donors (Lipinski definition) is 1. The summed E-state index contributed by atoms with van der Waals surface area (Å²) in [6, 6.07) is 0. The Morgan fingerprint density at radius 3 is 2.47 bits per heavy atom. The molecule has 0 aliphatic rings. The minimum absolute atomic E-state index is 0.0344. The van der Waals surface area contributed by atoms with Gasteiger partial charge in [-0.3, -0.25) is 0 Å². The zero-order valence-corrected chi connectivity index (χ0v) is 13.6. The Bertz CT molecular complexity index is 512. The summed E-state index contributed by atoms with van der Waals surface area (Å²) in [6.45, 7) is 8.16. The van der Waals surface area contributed by atoms with Gasteiger partial charge in [0, 0.05) is 25.2 Å². The molecule has 7 heteroatoms. The van der Waals surface area contributed by atoms with E-state index >= 15 is 0 Å². The van der Waals surface area contributed by atoms with E-state index < -0.39 is 10.0 Å². The molecule has 110 valence electrons. The second-order valence-electron chi connectivity index (χ2n) is 5.95. The molecule has 0 fully saturated rings. The van der Waals surface area contributed by atoms with Crippen LogP contribution >= 0.6 is 11.6 Å². The van der Waals surface area contributed by atoms with Crippen LogP contribution in [0.2, 0.25) is 0 Å². The fourth-order valence-electron chi connectivity index (χ4n) is 1.67. The van der Waals surface area contributed by atoms with Gasteiger partial charge in [0.15, 0.2) is 5.03 Å². The third kappa shape index (κ3) is 5.12. The van der Waals surface area contributed by atoms with Gasteiger partial charge in [0.1, 0.15) is 5.82 Å². The molecule has 1 heterocycles. The van der Waals surface area contributed by atoms with E-state index in [0.717, 1.165) is 6.42 Å². The monoisotopic (exact) mass is 307 g/mol. The van der Waals surface area contributed by atoms with Crippen molar-refractivity contribution in [3.8, 4) is 0 Å². The molecule has 0 bridgehead atoms. The number of rotatable bonds is 5. The van der Waals surface area contributed by atoms with Crippen LogP contribution < -0.4 is 4.72 Å². The van der Waals surface area contributed by atoms with Crippen molar-refractivity contribution in [2.24, 2.45) is 12.5 Å². The number of sulfonamides is 1. The molecule has 5 nitrogen and oxygen atoms in total. The van der Waals surface area contributed by atoms with Crippen molar-refractivity contribution >= 4 is 21.6 Å². The van der Waals surface area contributed by atoms with Crippen LogP contribution in [0.25, 0.3) is 0 Å². The van der Waals surface area contributed by atoms with E-state index in [1.54, 1.807) is 18.5 Å². The average molecular weight is 308 g/mol. The predicted octanol–water partition coefficient (Wildman–Crippen LogP) is 2.05. The molecule has 1 aromatic rings. The van der Waals surface area contributed by atoms with E-state index in [0.29, 0.717) is 5.82 Å². The number of imidazole rings is 1. The van der Waals surface area contributed by atoms with Gasteiger partial charge in [0.25, 0.3) is 10.0 Å².